The molecular formula is C37H49FN2O6. The lowest BCUT2D eigenvalue weighted by molar-refractivity contribution is 0.0463. The highest BCUT2D eigenvalue weighted by atomic mass is 19.1. The van der Waals surface area contributed by atoms with Gasteiger partial charge in [0.05, 0.1) is 12.6 Å². The van der Waals surface area contributed by atoms with Gasteiger partial charge in [0.15, 0.2) is 0 Å². The number of benzene rings is 3. The third-order valence-corrected chi connectivity index (χ3v) is 7.34. The minimum Gasteiger partial charge on any atom is -0.508 e. The number of hydrogen-bond donors (Lipinski definition) is 2. The van der Waals surface area contributed by atoms with Crippen LogP contribution in [0, 0.1) is 5.82 Å². The van der Waals surface area contributed by atoms with Gasteiger partial charge in [0.1, 0.15) is 22.9 Å². The summed E-state index contributed by atoms with van der Waals surface area (Å²) in [4.78, 5) is 29.1. The van der Waals surface area contributed by atoms with E-state index in [4.69, 9.17) is 14.2 Å². The maximum Gasteiger partial charge on any atom is 0.407 e. The zero-order chi connectivity index (χ0) is 33.9. The SMILES string of the molecule is CCCc1cc(-c2ccccc2F)c(OCCCOC)cc1C(=O)N(C(C)C)[C@@H](CNC(=O)OC(C)(C)C)Cc1ccc(O)cc1. The number of halogens is 1. The monoisotopic (exact) mass is 636 g/mol. The van der Waals surface area contributed by atoms with Gasteiger partial charge < -0.3 is 29.5 Å². The highest BCUT2D eigenvalue weighted by Gasteiger charge is 2.31. The molecule has 2 N–H and O–H groups in total. The minimum absolute atomic E-state index is 0.135. The highest BCUT2D eigenvalue weighted by Crippen LogP contribution is 2.36. The number of rotatable bonds is 15. The molecule has 0 aliphatic heterocycles. The largest absolute Gasteiger partial charge is 0.508 e. The summed E-state index contributed by atoms with van der Waals surface area (Å²) in [6.07, 6.45) is 1.82. The van der Waals surface area contributed by atoms with Crippen LogP contribution in [0.1, 0.15) is 75.9 Å². The first-order chi connectivity index (χ1) is 21.8. The third-order valence-electron chi connectivity index (χ3n) is 7.34. The Hall–Kier alpha value is -4.11. The second-order valence-corrected chi connectivity index (χ2v) is 12.6. The molecule has 0 aromatic heterocycles. The van der Waals surface area contributed by atoms with E-state index >= 15 is 4.39 Å². The Morgan fingerprint density at radius 1 is 1.00 bits per heavy atom. The summed E-state index contributed by atoms with van der Waals surface area (Å²) in [5.41, 5.74) is 2.43. The second kappa shape index (κ2) is 17.0. The van der Waals surface area contributed by atoms with Crippen molar-refractivity contribution in [3.63, 3.8) is 0 Å². The Kier molecular flexibility index (Phi) is 13.4. The van der Waals surface area contributed by atoms with Crippen LogP contribution in [0.3, 0.4) is 0 Å². The van der Waals surface area contributed by atoms with Crippen LogP contribution in [0.25, 0.3) is 11.1 Å². The van der Waals surface area contributed by atoms with Crippen molar-refractivity contribution in [3.8, 4) is 22.6 Å². The molecule has 1 atom stereocenters. The summed E-state index contributed by atoms with van der Waals surface area (Å²) in [7, 11) is 1.62. The summed E-state index contributed by atoms with van der Waals surface area (Å²) in [5, 5.41) is 12.7. The first-order valence-corrected chi connectivity index (χ1v) is 16.0. The van der Waals surface area contributed by atoms with Gasteiger partial charge in [-0.1, -0.05) is 43.7 Å². The molecule has 0 saturated heterocycles. The van der Waals surface area contributed by atoms with Crippen LogP contribution < -0.4 is 10.1 Å². The van der Waals surface area contributed by atoms with Crippen molar-refractivity contribution in [1.82, 2.24) is 10.2 Å². The van der Waals surface area contributed by atoms with Gasteiger partial charge >= 0.3 is 6.09 Å². The Labute approximate surface area is 272 Å². The number of carbonyl (C=O) groups is 2. The Bertz CT molecular complexity index is 1430. The number of nitrogens with one attached hydrogen (secondary N) is 1. The average Bonchev–Trinajstić information content (AvgIpc) is 2.99. The number of carbonyl (C=O) groups excluding carboxylic acids is 2. The lowest BCUT2D eigenvalue weighted by Crippen LogP contribution is -2.51. The number of aromatic hydroxyl groups is 1. The third kappa shape index (κ3) is 10.5. The quantitative estimate of drug-likeness (QED) is 0.167. The number of hydrogen-bond acceptors (Lipinski definition) is 6. The fourth-order valence-corrected chi connectivity index (χ4v) is 5.34. The van der Waals surface area contributed by atoms with E-state index in [1.54, 1.807) is 81.3 Å². The van der Waals surface area contributed by atoms with Gasteiger partial charge in [-0.25, -0.2) is 9.18 Å². The van der Waals surface area contributed by atoms with Gasteiger partial charge in [0, 0.05) is 49.4 Å². The number of phenolic OH excluding ortho intramolecular Hbond substituents is 1. The van der Waals surface area contributed by atoms with E-state index in [-0.39, 0.29) is 30.1 Å². The molecule has 3 aromatic carbocycles. The summed E-state index contributed by atoms with van der Waals surface area (Å²) in [6.45, 7) is 12.2. The van der Waals surface area contributed by atoms with Crippen molar-refractivity contribution < 1.29 is 33.3 Å². The van der Waals surface area contributed by atoms with Crippen LogP contribution in [0.2, 0.25) is 0 Å². The van der Waals surface area contributed by atoms with Crippen molar-refractivity contribution in [2.75, 3.05) is 26.9 Å². The molecule has 8 nitrogen and oxygen atoms in total. The molecule has 46 heavy (non-hydrogen) atoms. The van der Waals surface area contributed by atoms with Gasteiger partial charge in [-0.2, -0.15) is 0 Å². The predicted octanol–water partition coefficient (Wildman–Crippen LogP) is 7.55. The molecule has 0 radical (unpaired) electrons. The van der Waals surface area contributed by atoms with Crippen LogP contribution in [-0.4, -0.2) is 66.6 Å². The number of ether oxygens (including phenoxy) is 3. The summed E-state index contributed by atoms with van der Waals surface area (Å²) >= 11 is 0. The van der Waals surface area contributed by atoms with E-state index in [1.165, 1.54) is 6.07 Å². The number of methoxy groups -OCH3 is 1. The van der Waals surface area contributed by atoms with Gasteiger partial charge in [0.25, 0.3) is 5.91 Å². The molecule has 3 aromatic rings. The number of amides is 2. The van der Waals surface area contributed by atoms with Crippen molar-refractivity contribution >= 4 is 12.0 Å². The van der Waals surface area contributed by atoms with Gasteiger partial charge in [-0.15, -0.1) is 0 Å². The van der Waals surface area contributed by atoms with Gasteiger partial charge in [-0.3, -0.25) is 4.79 Å². The number of alkyl carbamates (subject to hydrolysis) is 1. The normalized spacial score (nSPS) is 12.1. The summed E-state index contributed by atoms with van der Waals surface area (Å²) in [6, 6.07) is 16.2. The van der Waals surface area contributed by atoms with Crippen molar-refractivity contribution in [3.05, 3.63) is 83.2 Å². The van der Waals surface area contributed by atoms with Gasteiger partial charge in [-0.05, 0) is 88.9 Å². The molecule has 9 heteroatoms. The maximum absolute atomic E-state index is 15.1. The molecule has 0 bridgehead atoms. The molecule has 0 spiro atoms. The zero-order valence-corrected chi connectivity index (χ0v) is 28.2. The minimum atomic E-state index is -0.682. The molecule has 250 valence electrons. The summed E-state index contributed by atoms with van der Waals surface area (Å²) in [5.74, 6) is -0.0528. The van der Waals surface area contributed by atoms with Gasteiger partial charge in [0.2, 0.25) is 0 Å². The van der Waals surface area contributed by atoms with E-state index < -0.39 is 17.7 Å². The maximum atomic E-state index is 15.1. The summed E-state index contributed by atoms with van der Waals surface area (Å²) < 4.78 is 31.9. The first-order valence-electron chi connectivity index (χ1n) is 16.0. The van der Waals surface area contributed by atoms with E-state index in [1.807, 2.05) is 26.8 Å². The molecule has 0 fully saturated rings. The molecular weight excluding hydrogens is 587 g/mol. The van der Waals surface area contributed by atoms with Crippen LogP contribution in [0.15, 0.2) is 60.7 Å². The zero-order valence-electron chi connectivity index (χ0n) is 28.2. The first kappa shape index (κ1) is 36.4. The Morgan fingerprint density at radius 2 is 1.70 bits per heavy atom. The van der Waals surface area contributed by atoms with Crippen LogP contribution in [0.5, 0.6) is 11.5 Å². The van der Waals surface area contributed by atoms with E-state index in [2.05, 4.69) is 5.32 Å². The fraction of sp³-hybridized carbons (Fsp3) is 0.459. The van der Waals surface area contributed by atoms with Crippen LogP contribution in [-0.2, 0) is 22.3 Å². The molecule has 0 aliphatic carbocycles. The number of nitrogens with zero attached hydrogens (tertiary/aromatic N) is 1. The standard InChI is InChI=1S/C37H49FN2O6/c1-8-12-27-22-32(30-13-9-10-14-33(30)38)34(45-20-11-19-44-7)23-31(27)35(42)40(25(2)3)28(21-26-15-17-29(41)18-16-26)24-39-36(43)46-37(4,5)6/h9-10,13-18,22-23,25,28,41H,8,11-12,19-21,24H2,1-7H3,(H,39,43)/t28-/m1/s1. The Morgan fingerprint density at radius 3 is 2.30 bits per heavy atom. The number of phenols is 1. The van der Waals surface area contributed by atoms with Crippen molar-refractivity contribution in [1.29, 1.82) is 0 Å². The molecule has 3 rings (SSSR count). The number of aryl methyl sites for hydroxylation is 1. The van der Waals surface area contributed by atoms with E-state index in [0.717, 1.165) is 17.5 Å². The fourth-order valence-electron chi connectivity index (χ4n) is 5.34. The van der Waals surface area contributed by atoms with Crippen LogP contribution in [0.4, 0.5) is 9.18 Å². The highest BCUT2D eigenvalue weighted by molar-refractivity contribution is 5.98. The van der Waals surface area contributed by atoms with E-state index in [9.17, 15) is 14.7 Å². The molecule has 0 saturated carbocycles. The molecule has 2 amide bonds. The lowest BCUT2D eigenvalue weighted by Gasteiger charge is -2.36. The second-order valence-electron chi connectivity index (χ2n) is 12.6. The molecule has 0 heterocycles. The van der Waals surface area contributed by atoms with E-state index in [0.29, 0.717) is 54.9 Å². The van der Waals surface area contributed by atoms with Crippen molar-refractivity contribution in [2.24, 2.45) is 0 Å². The topological polar surface area (TPSA) is 97.3 Å². The lowest BCUT2D eigenvalue weighted by atomic mass is 9.93. The molecule has 0 unspecified atom stereocenters. The van der Waals surface area contributed by atoms with Crippen LogP contribution >= 0.6 is 0 Å². The molecule has 0 aliphatic rings. The predicted molar refractivity (Wildman–Crippen MR) is 179 cm³/mol. The smallest absolute Gasteiger partial charge is 0.407 e. The average molecular weight is 637 g/mol. The van der Waals surface area contributed by atoms with Crippen molar-refractivity contribution in [2.45, 2.75) is 84.9 Å². The Balaban J connectivity index is 2.10.